The van der Waals surface area contributed by atoms with Crippen molar-refractivity contribution in [2.45, 2.75) is 81.6 Å². The molecule has 1 aromatic rings. The van der Waals surface area contributed by atoms with Crippen LogP contribution in [0.5, 0.6) is 0 Å². The molecule has 19 nitrogen and oxygen atoms in total. The van der Waals surface area contributed by atoms with E-state index in [4.69, 9.17) is 17.2 Å². The summed E-state index contributed by atoms with van der Waals surface area (Å²) in [5, 5.41) is 22.4. The van der Waals surface area contributed by atoms with Crippen LogP contribution in [0.4, 0.5) is 0 Å². The largest absolute Gasteiger partial charge is 0.481 e. The van der Waals surface area contributed by atoms with Gasteiger partial charge < -0.3 is 53.8 Å². The number of nitrogens with two attached hydrogens (primary N) is 3. The smallest absolute Gasteiger partial charge is 0.305 e. The maximum Gasteiger partial charge on any atom is 0.305 e. The molecule has 4 rings (SSSR count). The van der Waals surface area contributed by atoms with Crippen molar-refractivity contribution in [1.29, 1.82) is 0 Å². The number of rotatable bonds is 9. The SMILES string of the molecule is NC(=O)C1CSSCCC(=O)N[C@@H](CCCCN=C(N)N)C(=O)NCC(=O)N[C@@H](CC(=O)O)C(=O)N[C@H](C2=CCc3ccccc32)C(=O)N2CCC[C@H]2C(=O)N1. The minimum atomic E-state index is -1.68. The number of carbonyl (C=O) groups is 8. The molecule has 5 atom stereocenters. The summed E-state index contributed by atoms with van der Waals surface area (Å²) in [5.41, 5.74) is 18.3. The minimum absolute atomic E-state index is 0.0171. The first-order chi connectivity index (χ1) is 26.7. The first-order valence-electron chi connectivity index (χ1n) is 18.1. The molecule has 2 saturated heterocycles. The number of hydrogen-bond acceptors (Lipinski definition) is 11. The number of carboxylic acid groups (broad SMARTS) is 1. The number of aliphatic carboxylic acids is 1. The first kappa shape index (κ1) is 43.4. The second-order valence-electron chi connectivity index (χ2n) is 13.3. The van der Waals surface area contributed by atoms with Crippen LogP contribution in [-0.2, 0) is 44.8 Å². The van der Waals surface area contributed by atoms with Crippen molar-refractivity contribution < 1.29 is 43.5 Å². The van der Waals surface area contributed by atoms with Crippen molar-refractivity contribution >= 4 is 80.4 Å². The molecule has 7 amide bonds. The summed E-state index contributed by atoms with van der Waals surface area (Å²) in [5.74, 6) is -6.33. The normalized spacial score (nSPS) is 24.6. The molecule has 1 aromatic carbocycles. The Morgan fingerprint density at radius 3 is 2.38 bits per heavy atom. The summed E-state index contributed by atoms with van der Waals surface area (Å²) in [6.45, 7) is -0.227. The Morgan fingerprint density at radius 2 is 1.64 bits per heavy atom. The molecule has 0 bridgehead atoms. The highest BCUT2D eigenvalue weighted by Crippen LogP contribution is 2.32. The maximum atomic E-state index is 14.4. The predicted molar refractivity (Wildman–Crippen MR) is 209 cm³/mol. The molecular weight excluding hydrogens is 769 g/mol. The number of allylic oxidation sites excluding steroid dienone is 1. The molecule has 2 fully saturated rings. The van der Waals surface area contributed by atoms with Crippen LogP contribution in [-0.4, -0.2) is 125 Å². The monoisotopic (exact) mass is 816 g/mol. The van der Waals surface area contributed by atoms with Crippen LogP contribution in [0.3, 0.4) is 0 Å². The molecule has 1 unspecified atom stereocenters. The highest BCUT2D eigenvalue weighted by Gasteiger charge is 2.41. The lowest BCUT2D eigenvalue weighted by Gasteiger charge is -2.31. The second-order valence-corrected chi connectivity index (χ2v) is 16.0. The summed E-state index contributed by atoms with van der Waals surface area (Å²) in [6, 6.07) is 0.972. The van der Waals surface area contributed by atoms with Gasteiger partial charge in [0.05, 0.1) is 13.0 Å². The lowest BCUT2D eigenvalue weighted by Crippen LogP contribution is -2.58. The van der Waals surface area contributed by atoms with E-state index >= 15 is 0 Å². The molecule has 56 heavy (non-hydrogen) atoms. The van der Waals surface area contributed by atoms with Crippen molar-refractivity contribution in [3.8, 4) is 0 Å². The molecule has 304 valence electrons. The summed E-state index contributed by atoms with van der Waals surface area (Å²) in [4.78, 5) is 111. The Hall–Kier alpha value is -5.31. The van der Waals surface area contributed by atoms with Gasteiger partial charge in [0, 0.05) is 31.0 Å². The molecule has 12 N–H and O–H groups in total. The van der Waals surface area contributed by atoms with Crippen LogP contribution in [0.25, 0.3) is 5.57 Å². The van der Waals surface area contributed by atoms with Gasteiger partial charge in [0.1, 0.15) is 30.2 Å². The Kier molecular flexibility index (Phi) is 16.4. The molecule has 3 aliphatic rings. The number of nitrogens with zero attached hydrogens (tertiary/aromatic N) is 2. The van der Waals surface area contributed by atoms with Gasteiger partial charge in [0.15, 0.2) is 5.96 Å². The van der Waals surface area contributed by atoms with E-state index in [1.807, 2.05) is 12.1 Å². The Balaban J connectivity index is 1.62. The van der Waals surface area contributed by atoms with Crippen LogP contribution in [0, 0.1) is 0 Å². The fourth-order valence-electron chi connectivity index (χ4n) is 6.46. The molecule has 0 saturated carbocycles. The number of primary amides is 1. The van der Waals surface area contributed by atoms with Crippen molar-refractivity contribution in [1.82, 2.24) is 31.5 Å². The van der Waals surface area contributed by atoms with E-state index in [2.05, 4.69) is 31.6 Å². The predicted octanol–water partition coefficient (Wildman–Crippen LogP) is -2.14. The molecule has 21 heteroatoms. The molecule has 0 spiro atoms. The minimum Gasteiger partial charge on any atom is -0.481 e. The van der Waals surface area contributed by atoms with E-state index < -0.39 is 90.5 Å². The first-order valence-corrected chi connectivity index (χ1v) is 20.6. The summed E-state index contributed by atoms with van der Waals surface area (Å²) in [7, 11) is 2.45. The Labute approximate surface area is 330 Å². The van der Waals surface area contributed by atoms with Crippen LogP contribution in [0.15, 0.2) is 35.3 Å². The molecule has 0 aromatic heterocycles. The van der Waals surface area contributed by atoms with Gasteiger partial charge in [0.25, 0.3) is 0 Å². The number of carboxylic acids is 1. The van der Waals surface area contributed by atoms with Gasteiger partial charge in [-0.2, -0.15) is 0 Å². The number of unbranched alkanes of at least 4 members (excludes halogenated alkanes) is 1. The third-order valence-corrected chi connectivity index (χ3v) is 11.7. The zero-order chi connectivity index (χ0) is 40.8. The number of amides is 7. The number of aliphatic imine (C=N–C) groups is 1. The molecule has 2 aliphatic heterocycles. The van der Waals surface area contributed by atoms with Gasteiger partial charge in [0.2, 0.25) is 41.4 Å². The van der Waals surface area contributed by atoms with E-state index in [-0.39, 0.29) is 49.8 Å². The molecule has 1 aliphatic carbocycles. The van der Waals surface area contributed by atoms with Gasteiger partial charge in [-0.25, -0.2) is 0 Å². The summed E-state index contributed by atoms with van der Waals surface area (Å²) >= 11 is 0. The summed E-state index contributed by atoms with van der Waals surface area (Å²) < 4.78 is 0. The fraction of sp³-hybridized carbons (Fsp3) is 0.514. The second kappa shape index (κ2) is 21.1. The number of nitrogens with one attached hydrogen (secondary N) is 5. The van der Waals surface area contributed by atoms with E-state index in [0.717, 1.165) is 5.56 Å². The quantitative estimate of drug-likeness (QED) is 0.0557. The van der Waals surface area contributed by atoms with Gasteiger partial charge >= 0.3 is 5.97 Å². The van der Waals surface area contributed by atoms with Gasteiger partial charge in [-0.3, -0.25) is 43.3 Å². The van der Waals surface area contributed by atoms with E-state index in [1.54, 1.807) is 18.2 Å². The third-order valence-electron chi connectivity index (χ3n) is 9.24. The highest BCUT2D eigenvalue weighted by molar-refractivity contribution is 8.76. The van der Waals surface area contributed by atoms with Crippen LogP contribution in [0.1, 0.15) is 56.1 Å². The van der Waals surface area contributed by atoms with Crippen LogP contribution in [0.2, 0.25) is 0 Å². The molecular formula is C35H48N10O9S2. The van der Waals surface area contributed by atoms with Crippen molar-refractivity contribution in [2.24, 2.45) is 22.2 Å². The van der Waals surface area contributed by atoms with E-state index in [9.17, 15) is 43.5 Å². The van der Waals surface area contributed by atoms with Crippen molar-refractivity contribution in [2.75, 3.05) is 31.1 Å². The van der Waals surface area contributed by atoms with E-state index in [1.165, 1.54) is 26.5 Å². The lowest BCUT2D eigenvalue weighted by molar-refractivity contribution is -0.142. The topological polar surface area (TPSA) is 311 Å². The average Bonchev–Trinajstić information content (AvgIpc) is 3.81. The highest BCUT2D eigenvalue weighted by atomic mass is 33.1. The zero-order valence-corrected chi connectivity index (χ0v) is 32.3. The Morgan fingerprint density at radius 1 is 0.893 bits per heavy atom. The van der Waals surface area contributed by atoms with Crippen molar-refractivity contribution in [3.05, 3.63) is 41.5 Å². The number of hydrogen-bond donors (Lipinski definition) is 9. The molecule has 0 radical (unpaired) electrons. The number of benzene rings is 1. The van der Waals surface area contributed by atoms with Crippen LogP contribution >= 0.6 is 21.6 Å². The van der Waals surface area contributed by atoms with Crippen molar-refractivity contribution in [3.63, 3.8) is 0 Å². The standard InChI is InChI=1S/C35H48N10O9S2/c36-30(50)24-18-56-55-15-12-26(46)41-22(8-3-4-13-39-35(37)38)31(51)40-17-27(47)42-23(16-28(48)49)32(52)44-29(21-11-10-19-6-1-2-7-20(19)21)34(54)45-14-5-9-25(45)33(53)43-24/h1-2,6-7,11,22-25,29H,3-5,8-10,12-18H2,(H2,36,50)(H,40,51)(H,41,46)(H,42,47)(H,43,53)(H,44,52)(H,48,49)(H4,37,38,39)/t22-,23-,24?,25-,29+/m0/s1. The van der Waals surface area contributed by atoms with E-state index in [0.29, 0.717) is 36.8 Å². The molecule has 2 heterocycles. The van der Waals surface area contributed by atoms with Gasteiger partial charge in [-0.15, -0.1) is 0 Å². The number of carbonyl (C=O) groups excluding carboxylic acids is 7. The average molecular weight is 817 g/mol. The number of fused-ring (bicyclic) bond motifs is 2. The Bertz CT molecular complexity index is 1740. The van der Waals surface area contributed by atoms with Gasteiger partial charge in [-0.05, 0) is 55.2 Å². The zero-order valence-electron chi connectivity index (χ0n) is 30.6. The van der Waals surface area contributed by atoms with Crippen LogP contribution < -0.4 is 43.8 Å². The van der Waals surface area contributed by atoms with Gasteiger partial charge in [-0.1, -0.05) is 51.9 Å². The third kappa shape index (κ3) is 12.6. The summed E-state index contributed by atoms with van der Waals surface area (Å²) in [6.07, 6.45) is 3.10. The number of guanidine groups is 1. The maximum absolute atomic E-state index is 14.4. The fourth-order valence-corrected chi connectivity index (χ4v) is 8.63. The lowest BCUT2D eigenvalue weighted by atomic mass is 9.97.